The highest BCUT2D eigenvalue weighted by atomic mass is 79.9. The summed E-state index contributed by atoms with van der Waals surface area (Å²) < 4.78 is 0.925. The van der Waals surface area contributed by atoms with Crippen LogP contribution in [0.5, 0.6) is 0 Å². The second-order valence-electron chi connectivity index (χ2n) is 5.00. The quantitative estimate of drug-likeness (QED) is 0.781. The number of nitrogens with one attached hydrogen (secondary N) is 1. The molecule has 0 aliphatic carbocycles. The molecule has 0 saturated heterocycles. The summed E-state index contributed by atoms with van der Waals surface area (Å²) in [6, 6.07) is 10.6. The molecule has 0 aliphatic rings. The Hall–Kier alpha value is -0.900. The minimum absolute atomic E-state index is 0.223. The van der Waals surface area contributed by atoms with Crippen molar-refractivity contribution in [3.63, 3.8) is 0 Å². The summed E-state index contributed by atoms with van der Waals surface area (Å²) in [5.41, 5.74) is 3.55. The van der Waals surface area contributed by atoms with Gasteiger partial charge in [0.1, 0.15) is 0 Å². The van der Waals surface area contributed by atoms with Gasteiger partial charge in [0.2, 0.25) is 0 Å². The van der Waals surface area contributed by atoms with E-state index < -0.39 is 0 Å². The average molecular weight is 368 g/mol. The van der Waals surface area contributed by atoms with Crippen molar-refractivity contribution < 1.29 is 0 Å². The zero-order valence-corrected chi connectivity index (χ0v) is 14.7. The molecule has 0 fully saturated rings. The monoisotopic (exact) mass is 366 g/mol. The number of aryl methyl sites for hydroxylation is 1. The molecule has 1 aromatic heterocycles. The second-order valence-corrected chi connectivity index (χ2v) is 6.26. The topological polar surface area (TPSA) is 24.9 Å². The molecule has 0 aliphatic heterocycles. The maximum Gasteiger partial charge on any atom is 0.0551 e. The molecule has 1 unspecified atom stereocenters. The molecule has 0 radical (unpaired) electrons. The Kier molecular flexibility index (Phi) is 6.22. The molecule has 21 heavy (non-hydrogen) atoms. The molecule has 2 rings (SSSR count). The first-order valence-electron chi connectivity index (χ1n) is 7.26. The van der Waals surface area contributed by atoms with Gasteiger partial charge < -0.3 is 5.32 Å². The third-order valence-corrected chi connectivity index (χ3v) is 4.74. The lowest BCUT2D eigenvalue weighted by Crippen LogP contribution is -2.23. The molecule has 0 saturated carbocycles. The maximum atomic E-state index is 6.21. The molecule has 2 nitrogen and oxygen atoms in total. The summed E-state index contributed by atoms with van der Waals surface area (Å²) in [6.07, 6.45) is 3.84. The number of likely N-dealkylation sites (N-methyl/N-ethyl adjacent to an activating group) is 1. The molecule has 4 heteroatoms. The largest absolute Gasteiger partial charge is 0.310 e. The van der Waals surface area contributed by atoms with E-state index in [2.05, 4.69) is 58.3 Å². The van der Waals surface area contributed by atoms with E-state index >= 15 is 0 Å². The van der Waals surface area contributed by atoms with Crippen LogP contribution in [0.2, 0.25) is 5.02 Å². The molecular formula is C17H20BrClN2. The number of hydrogen-bond acceptors (Lipinski definition) is 2. The van der Waals surface area contributed by atoms with Crippen LogP contribution in [0.4, 0.5) is 0 Å². The highest BCUT2D eigenvalue weighted by molar-refractivity contribution is 9.10. The van der Waals surface area contributed by atoms with Crippen molar-refractivity contribution in [1.82, 2.24) is 10.3 Å². The smallest absolute Gasteiger partial charge is 0.0551 e. The van der Waals surface area contributed by atoms with Crippen LogP contribution >= 0.6 is 27.5 Å². The first kappa shape index (κ1) is 16.5. The molecule has 0 spiro atoms. The zero-order chi connectivity index (χ0) is 15.2. The number of pyridine rings is 1. The summed E-state index contributed by atoms with van der Waals surface area (Å²) in [6.45, 7) is 5.16. The third-order valence-electron chi connectivity index (χ3n) is 3.50. The molecule has 1 atom stereocenters. The summed E-state index contributed by atoms with van der Waals surface area (Å²) in [5, 5.41) is 4.25. The van der Waals surface area contributed by atoms with E-state index in [-0.39, 0.29) is 6.04 Å². The zero-order valence-electron chi connectivity index (χ0n) is 12.4. The number of aromatic nitrogens is 1. The summed E-state index contributed by atoms with van der Waals surface area (Å²) in [7, 11) is 0. The van der Waals surface area contributed by atoms with Crippen LogP contribution in [0, 0.1) is 0 Å². The second kappa shape index (κ2) is 7.92. The van der Waals surface area contributed by atoms with Gasteiger partial charge in [-0.2, -0.15) is 0 Å². The Labute approximate surface area is 140 Å². The van der Waals surface area contributed by atoms with Crippen LogP contribution < -0.4 is 5.32 Å². The predicted octanol–water partition coefficient (Wildman–Crippen LogP) is 4.95. The SMILES string of the molecule is CCNC(Cc1ccc(CC)cn1)c1ccc(Br)c(Cl)c1. The van der Waals surface area contributed by atoms with Crippen molar-refractivity contribution in [2.75, 3.05) is 6.54 Å². The van der Waals surface area contributed by atoms with Crippen molar-refractivity contribution in [1.29, 1.82) is 0 Å². The molecule has 0 bridgehead atoms. The Morgan fingerprint density at radius 1 is 1.24 bits per heavy atom. The van der Waals surface area contributed by atoms with Crippen LogP contribution in [0.1, 0.15) is 36.7 Å². The highest BCUT2D eigenvalue weighted by Crippen LogP contribution is 2.27. The van der Waals surface area contributed by atoms with Crippen LogP contribution in [-0.4, -0.2) is 11.5 Å². The first-order valence-corrected chi connectivity index (χ1v) is 8.43. The van der Waals surface area contributed by atoms with Gasteiger partial charge in [0.25, 0.3) is 0 Å². The van der Waals surface area contributed by atoms with Gasteiger partial charge >= 0.3 is 0 Å². The van der Waals surface area contributed by atoms with Gasteiger partial charge in [0.05, 0.1) is 5.02 Å². The van der Waals surface area contributed by atoms with E-state index in [4.69, 9.17) is 11.6 Å². The van der Waals surface area contributed by atoms with Crippen LogP contribution in [0.25, 0.3) is 0 Å². The summed E-state index contributed by atoms with van der Waals surface area (Å²) in [4.78, 5) is 4.55. The maximum absolute atomic E-state index is 6.21. The molecule has 1 heterocycles. The summed E-state index contributed by atoms with van der Waals surface area (Å²) >= 11 is 9.65. The van der Waals surface area contributed by atoms with Crippen LogP contribution in [0.15, 0.2) is 41.0 Å². The molecule has 0 amide bonds. The molecular weight excluding hydrogens is 348 g/mol. The Morgan fingerprint density at radius 2 is 2.05 bits per heavy atom. The fourth-order valence-electron chi connectivity index (χ4n) is 2.28. The van der Waals surface area contributed by atoms with E-state index in [1.54, 1.807) is 0 Å². The van der Waals surface area contributed by atoms with Gasteiger partial charge in [-0.05, 0) is 58.2 Å². The predicted molar refractivity (Wildman–Crippen MR) is 92.9 cm³/mol. The lowest BCUT2D eigenvalue weighted by Gasteiger charge is -2.19. The standard InChI is InChI=1S/C17H20BrClN2/c1-3-12-5-7-14(21-11-12)10-17(20-4-2)13-6-8-15(18)16(19)9-13/h5-9,11,17,20H,3-4,10H2,1-2H3. The van der Waals surface area contributed by atoms with Gasteiger partial charge in [-0.1, -0.05) is 37.6 Å². The van der Waals surface area contributed by atoms with Crippen molar-refractivity contribution >= 4 is 27.5 Å². The van der Waals surface area contributed by atoms with Gasteiger partial charge in [0.15, 0.2) is 0 Å². The number of halogens is 2. The molecule has 1 N–H and O–H groups in total. The number of benzene rings is 1. The third kappa shape index (κ3) is 4.53. The molecule has 1 aromatic carbocycles. The van der Waals surface area contributed by atoms with E-state index in [9.17, 15) is 0 Å². The van der Waals surface area contributed by atoms with E-state index in [0.29, 0.717) is 0 Å². The van der Waals surface area contributed by atoms with Gasteiger partial charge in [0, 0.05) is 28.8 Å². The lowest BCUT2D eigenvalue weighted by atomic mass is 10.0. The van der Waals surface area contributed by atoms with Crippen LogP contribution in [0.3, 0.4) is 0 Å². The minimum atomic E-state index is 0.223. The Balaban J connectivity index is 2.19. The number of nitrogens with zero attached hydrogens (tertiary/aromatic N) is 1. The lowest BCUT2D eigenvalue weighted by molar-refractivity contribution is 0.544. The molecule has 2 aromatic rings. The van der Waals surface area contributed by atoms with Crippen molar-refractivity contribution in [2.45, 2.75) is 32.7 Å². The van der Waals surface area contributed by atoms with Gasteiger partial charge in [-0.15, -0.1) is 0 Å². The van der Waals surface area contributed by atoms with Crippen molar-refractivity contribution in [3.8, 4) is 0 Å². The molecule has 112 valence electrons. The van der Waals surface area contributed by atoms with E-state index in [0.717, 1.165) is 34.6 Å². The van der Waals surface area contributed by atoms with E-state index in [1.165, 1.54) is 11.1 Å². The number of hydrogen-bond donors (Lipinski definition) is 1. The van der Waals surface area contributed by atoms with Crippen LogP contribution in [-0.2, 0) is 12.8 Å². The Bertz CT molecular complexity index is 584. The number of rotatable bonds is 6. The van der Waals surface area contributed by atoms with Gasteiger partial charge in [-0.25, -0.2) is 0 Å². The van der Waals surface area contributed by atoms with Gasteiger partial charge in [-0.3, -0.25) is 4.98 Å². The van der Waals surface area contributed by atoms with E-state index in [1.807, 2.05) is 18.3 Å². The van der Waals surface area contributed by atoms with Crippen molar-refractivity contribution in [2.24, 2.45) is 0 Å². The summed E-state index contributed by atoms with van der Waals surface area (Å²) in [5.74, 6) is 0. The first-order chi connectivity index (χ1) is 10.1. The fourth-order valence-corrected chi connectivity index (χ4v) is 2.71. The fraction of sp³-hybridized carbons (Fsp3) is 0.353. The average Bonchev–Trinajstić information content (AvgIpc) is 2.50. The highest BCUT2D eigenvalue weighted by Gasteiger charge is 2.13. The Morgan fingerprint density at radius 3 is 2.62 bits per heavy atom. The van der Waals surface area contributed by atoms with Crippen molar-refractivity contribution in [3.05, 3.63) is 62.8 Å². The minimum Gasteiger partial charge on any atom is -0.310 e. The normalized spacial score (nSPS) is 12.4.